The number of amides is 1. The highest BCUT2D eigenvalue weighted by molar-refractivity contribution is 6.30. The van der Waals surface area contributed by atoms with E-state index >= 15 is 0 Å². The molecule has 36 heavy (non-hydrogen) atoms. The van der Waals surface area contributed by atoms with Crippen molar-refractivity contribution < 1.29 is 14.3 Å². The number of likely N-dealkylation sites (tertiary alicyclic amines) is 1. The van der Waals surface area contributed by atoms with Crippen molar-refractivity contribution in [1.29, 1.82) is 0 Å². The molecular weight excluding hydrogens is 474 g/mol. The van der Waals surface area contributed by atoms with E-state index in [-0.39, 0.29) is 18.0 Å². The Hall–Kier alpha value is -2.90. The van der Waals surface area contributed by atoms with Gasteiger partial charge in [0.25, 0.3) is 0 Å². The van der Waals surface area contributed by atoms with Crippen LogP contribution >= 0.6 is 11.6 Å². The summed E-state index contributed by atoms with van der Waals surface area (Å²) in [5, 5.41) is 7.36. The van der Waals surface area contributed by atoms with E-state index in [2.05, 4.69) is 39.8 Å². The molecule has 1 fully saturated rings. The first kappa shape index (κ1) is 26.2. The first-order valence-electron chi connectivity index (χ1n) is 12.3. The van der Waals surface area contributed by atoms with E-state index in [1.165, 1.54) is 0 Å². The monoisotopic (exact) mass is 507 g/mol. The second-order valence-corrected chi connectivity index (χ2v) is 9.53. The second-order valence-electron chi connectivity index (χ2n) is 9.09. The molecule has 190 valence electrons. The molecule has 1 aliphatic rings. The molecule has 0 unspecified atom stereocenters. The quantitative estimate of drug-likeness (QED) is 0.355. The zero-order chi connectivity index (χ0) is 25.2. The number of carbonyl (C=O) groups excluding carboxylic acids is 1. The van der Waals surface area contributed by atoms with Gasteiger partial charge in [0.15, 0.2) is 0 Å². The van der Waals surface area contributed by atoms with Crippen molar-refractivity contribution in [3.05, 3.63) is 101 Å². The molecule has 2 atom stereocenters. The van der Waals surface area contributed by atoms with E-state index in [1.54, 1.807) is 7.11 Å². The highest BCUT2D eigenvalue weighted by atomic mass is 35.5. The number of ether oxygens (including phenoxy) is 2. The van der Waals surface area contributed by atoms with Crippen LogP contribution in [0.5, 0.6) is 5.75 Å². The minimum absolute atomic E-state index is 0.0367. The van der Waals surface area contributed by atoms with Crippen LogP contribution in [0.1, 0.15) is 23.1 Å². The first-order valence-corrected chi connectivity index (χ1v) is 12.7. The van der Waals surface area contributed by atoms with Crippen LogP contribution in [0.25, 0.3) is 0 Å². The number of carbonyl (C=O) groups is 1. The van der Waals surface area contributed by atoms with Gasteiger partial charge in [-0.2, -0.15) is 0 Å². The van der Waals surface area contributed by atoms with E-state index in [1.807, 2.05) is 54.6 Å². The molecule has 1 amide bonds. The van der Waals surface area contributed by atoms with Crippen LogP contribution in [0.4, 0.5) is 0 Å². The Kier molecular flexibility index (Phi) is 9.76. The lowest BCUT2D eigenvalue weighted by Gasteiger charge is -2.23. The minimum Gasteiger partial charge on any atom is -0.489 e. The van der Waals surface area contributed by atoms with Crippen molar-refractivity contribution in [1.82, 2.24) is 15.5 Å². The van der Waals surface area contributed by atoms with E-state index in [0.717, 1.165) is 35.4 Å². The largest absolute Gasteiger partial charge is 0.489 e. The van der Waals surface area contributed by atoms with Gasteiger partial charge in [0.05, 0.1) is 12.6 Å². The maximum atomic E-state index is 13.0. The number of benzene rings is 3. The second kappa shape index (κ2) is 13.4. The molecular formula is C29H34ClN3O3. The summed E-state index contributed by atoms with van der Waals surface area (Å²) in [4.78, 5) is 15.2. The summed E-state index contributed by atoms with van der Waals surface area (Å²) >= 11 is 6.20. The van der Waals surface area contributed by atoms with Crippen LogP contribution in [0.2, 0.25) is 5.02 Å². The predicted molar refractivity (Wildman–Crippen MR) is 143 cm³/mol. The highest BCUT2D eigenvalue weighted by Crippen LogP contribution is 2.23. The van der Waals surface area contributed by atoms with E-state index in [9.17, 15) is 4.79 Å². The fourth-order valence-electron chi connectivity index (χ4n) is 4.51. The molecule has 7 heteroatoms. The third-order valence-corrected chi connectivity index (χ3v) is 6.56. The van der Waals surface area contributed by atoms with E-state index in [0.29, 0.717) is 37.9 Å². The fourth-order valence-corrected chi connectivity index (χ4v) is 4.72. The Labute approximate surface area is 218 Å². The number of nitrogens with zero attached hydrogens (tertiary/aromatic N) is 1. The van der Waals surface area contributed by atoms with Gasteiger partial charge in [-0.15, -0.1) is 0 Å². The lowest BCUT2D eigenvalue weighted by Crippen LogP contribution is -2.43. The maximum Gasteiger partial charge on any atom is 0.237 e. The first-order chi connectivity index (χ1) is 17.6. The Morgan fingerprint density at radius 1 is 1.00 bits per heavy atom. The lowest BCUT2D eigenvalue weighted by molar-refractivity contribution is -0.125. The average Bonchev–Trinajstić information content (AvgIpc) is 3.30. The van der Waals surface area contributed by atoms with Gasteiger partial charge in [0, 0.05) is 44.4 Å². The predicted octanol–water partition coefficient (Wildman–Crippen LogP) is 4.41. The van der Waals surface area contributed by atoms with E-state index in [4.69, 9.17) is 21.1 Å². The SMILES string of the molecule is COCCNC(=O)[C@@H]1C[C@H](NCc2cccc(OCc3ccccc3)c2)CN1Cc1cccc(Cl)c1. The van der Waals surface area contributed by atoms with Crippen molar-refractivity contribution in [3.8, 4) is 5.75 Å². The fraction of sp³-hybridized carbons (Fsp3) is 0.345. The summed E-state index contributed by atoms with van der Waals surface area (Å²) in [6, 6.07) is 26.1. The molecule has 0 bridgehead atoms. The van der Waals surface area contributed by atoms with Crippen LogP contribution in [0, 0.1) is 0 Å². The highest BCUT2D eigenvalue weighted by Gasteiger charge is 2.36. The molecule has 1 aliphatic heterocycles. The van der Waals surface area contributed by atoms with Gasteiger partial charge in [-0.3, -0.25) is 9.69 Å². The summed E-state index contributed by atoms with van der Waals surface area (Å²) < 4.78 is 11.1. The Morgan fingerprint density at radius 3 is 2.58 bits per heavy atom. The molecule has 1 heterocycles. The average molecular weight is 508 g/mol. The molecule has 0 saturated carbocycles. The van der Waals surface area contributed by atoms with Crippen LogP contribution in [0.15, 0.2) is 78.9 Å². The van der Waals surface area contributed by atoms with Crippen molar-refractivity contribution in [2.45, 2.75) is 38.2 Å². The van der Waals surface area contributed by atoms with Gasteiger partial charge >= 0.3 is 0 Å². The third kappa shape index (κ3) is 7.80. The molecule has 0 radical (unpaired) electrons. The molecule has 1 saturated heterocycles. The van der Waals surface area contributed by atoms with Crippen molar-refractivity contribution in [3.63, 3.8) is 0 Å². The smallest absolute Gasteiger partial charge is 0.237 e. The number of hydrogen-bond donors (Lipinski definition) is 2. The lowest BCUT2D eigenvalue weighted by atomic mass is 10.1. The minimum atomic E-state index is -0.209. The van der Waals surface area contributed by atoms with E-state index < -0.39 is 0 Å². The molecule has 3 aromatic carbocycles. The summed E-state index contributed by atoms with van der Waals surface area (Å²) in [6.45, 7) is 3.69. The van der Waals surface area contributed by atoms with Gasteiger partial charge in [-0.25, -0.2) is 0 Å². The molecule has 0 aromatic heterocycles. The topological polar surface area (TPSA) is 62.8 Å². The molecule has 4 rings (SSSR count). The van der Waals surface area contributed by atoms with Gasteiger partial charge in [-0.05, 0) is 47.4 Å². The molecule has 2 N–H and O–H groups in total. The van der Waals surface area contributed by atoms with Gasteiger partial charge in [0.1, 0.15) is 12.4 Å². The Balaban J connectivity index is 1.35. The van der Waals surface area contributed by atoms with Crippen molar-refractivity contribution in [2.75, 3.05) is 26.8 Å². The summed E-state index contributed by atoms with van der Waals surface area (Å²) in [7, 11) is 1.63. The zero-order valence-electron chi connectivity index (χ0n) is 20.7. The third-order valence-electron chi connectivity index (χ3n) is 6.33. The Morgan fingerprint density at radius 2 is 1.78 bits per heavy atom. The van der Waals surface area contributed by atoms with Crippen LogP contribution in [-0.4, -0.2) is 49.7 Å². The van der Waals surface area contributed by atoms with Gasteiger partial charge in [-0.1, -0.05) is 66.2 Å². The standard InChI is InChI=1S/C29H34ClN3O3/c1-35-14-13-31-29(34)28-17-26(20-33(28)19-24-10-5-11-25(30)15-24)32-18-23-9-6-12-27(16-23)36-21-22-7-3-2-4-8-22/h2-12,15-16,26,28,32H,13-14,17-21H2,1H3,(H,31,34)/t26-,28-/m0/s1. The zero-order valence-corrected chi connectivity index (χ0v) is 21.4. The summed E-state index contributed by atoms with van der Waals surface area (Å²) in [6.07, 6.45) is 0.740. The van der Waals surface area contributed by atoms with Crippen LogP contribution in [-0.2, 0) is 29.2 Å². The van der Waals surface area contributed by atoms with Crippen LogP contribution < -0.4 is 15.4 Å². The Bertz CT molecular complexity index is 1110. The molecule has 0 spiro atoms. The van der Waals surface area contributed by atoms with Crippen molar-refractivity contribution in [2.24, 2.45) is 0 Å². The molecule has 3 aromatic rings. The van der Waals surface area contributed by atoms with Gasteiger partial charge < -0.3 is 20.1 Å². The maximum absolute atomic E-state index is 13.0. The number of rotatable bonds is 12. The number of nitrogens with one attached hydrogen (secondary N) is 2. The van der Waals surface area contributed by atoms with Crippen molar-refractivity contribution >= 4 is 17.5 Å². The number of methoxy groups -OCH3 is 1. The van der Waals surface area contributed by atoms with Crippen LogP contribution in [0.3, 0.4) is 0 Å². The molecule has 6 nitrogen and oxygen atoms in total. The number of hydrogen-bond acceptors (Lipinski definition) is 5. The number of halogens is 1. The molecule has 0 aliphatic carbocycles. The normalized spacial score (nSPS) is 17.7. The summed E-state index contributed by atoms with van der Waals surface area (Å²) in [5.74, 6) is 0.886. The summed E-state index contributed by atoms with van der Waals surface area (Å²) in [5.41, 5.74) is 3.39. The van der Waals surface area contributed by atoms with Gasteiger partial charge in [0.2, 0.25) is 5.91 Å².